The van der Waals surface area contributed by atoms with Crippen molar-refractivity contribution in [3.63, 3.8) is 0 Å². The van der Waals surface area contributed by atoms with Crippen LogP contribution in [0.15, 0.2) is 36.9 Å². The molecule has 7 nitrogen and oxygen atoms in total. The number of halogens is 3. The molecule has 0 N–H and O–H groups in total. The normalized spacial score (nSPS) is 12.5. The van der Waals surface area contributed by atoms with E-state index in [4.69, 9.17) is 4.74 Å². The predicted octanol–water partition coefficient (Wildman–Crippen LogP) is 3.96. The molecule has 0 aliphatic rings. The van der Waals surface area contributed by atoms with Gasteiger partial charge >= 0.3 is 12.1 Å². The lowest BCUT2D eigenvalue weighted by Gasteiger charge is -2.10. The van der Waals surface area contributed by atoms with Gasteiger partial charge in [0, 0.05) is 30.6 Å². The maximum Gasteiger partial charge on any atom is 0.416 e. The van der Waals surface area contributed by atoms with Crippen LogP contribution in [0.2, 0.25) is 0 Å². The highest BCUT2D eigenvalue weighted by Gasteiger charge is 2.31. The summed E-state index contributed by atoms with van der Waals surface area (Å²) >= 11 is 0. The molecule has 0 aliphatic heterocycles. The van der Waals surface area contributed by atoms with Gasteiger partial charge in [-0.3, -0.25) is 4.68 Å². The number of nitrogens with zero attached hydrogens (tertiary/aromatic N) is 5. The zero-order chi connectivity index (χ0) is 22.1. The van der Waals surface area contributed by atoms with E-state index in [1.54, 1.807) is 40.1 Å². The minimum absolute atomic E-state index is 0.100. The molecule has 30 heavy (non-hydrogen) atoms. The Morgan fingerprint density at radius 2 is 1.97 bits per heavy atom. The van der Waals surface area contributed by atoms with Crippen molar-refractivity contribution in [2.75, 3.05) is 0 Å². The molecule has 0 radical (unpaired) electrons. The lowest BCUT2D eigenvalue weighted by molar-refractivity contribution is -0.140. The largest absolute Gasteiger partial charge is 0.459 e. The number of carbonyl (C=O) groups excluding carboxylic acids is 1. The van der Waals surface area contributed by atoms with E-state index in [2.05, 4.69) is 15.2 Å². The Labute approximate surface area is 170 Å². The van der Waals surface area contributed by atoms with Crippen molar-refractivity contribution < 1.29 is 22.7 Å². The predicted molar refractivity (Wildman–Crippen MR) is 104 cm³/mol. The number of benzene rings is 1. The second kappa shape index (κ2) is 8.13. The van der Waals surface area contributed by atoms with Crippen LogP contribution in [0.5, 0.6) is 0 Å². The number of esters is 1. The quantitative estimate of drug-likeness (QED) is 0.462. The zero-order valence-electron chi connectivity index (χ0n) is 16.8. The van der Waals surface area contributed by atoms with Crippen LogP contribution >= 0.6 is 0 Å². The smallest absolute Gasteiger partial charge is 0.416 e. The second-order valence-corrected chi connectivity index (χ2v) is 7.03. The van der Waals surface area contributed by atoms with E-state index in [0.717, 1.165) is 12.1 Å². The van der Waals surface area contributed by atoms with Gasteiger partial charge in [0.1, 0.15) is 6.33 Å². The number of aryl methyl sites for hydroxylation is 2. The second-order valence-electron chi connectivity index (χ2n) is 7.03. The monoisotopic (exact) mass is 419 g/mol. The Hall–Kier alpha value is -3.43. The van der Waals surface area contributed by atoms with Gasteiger partial charge in [0.05, 0.1) is 23.4 Å². The van der Waals surface area contributed by atoms with Gasteiger partial charge in [-0.2, -0.15) is 18.3 Å². The first-order valence-corrected chi connectivity index (χ1v) is 9.05. The molecule has 0 saturated heterocycles. The summed E-state index contributed by atoms with van der Waals surface area (Å²) in [4.78, 5) is 16.6. The molecule has 0 saturated carbocycles. The van der Waals surface area contributed by atoms with Crippen LogP contribution in [0.25, 0.3) is 23.2 Å². The van der Waals surface area contributed by atoms with Gasteiger partial charge in [0.25, 0.3) is 0 Å². The van der Waals surface area contributed by atoms with Crippen LogP contribution in [0.1, 0.15) is 30.5 Å². The van der Waals surface area contributed by atoms with Gasteiger partial charge in [-0.1, -0.05) is 0 Å². The van der Waals surface area contributed by atoms with Crippen LogP contribution < -0.4 is 0 Å². The fourth-order valence-electron chi connectivity index (χ4n) is 2.76. The SMILES string of the molecule is Cc1cc(-c2ncn(C=C(C(=O)OC(C)C)c3cnn(C)c3)n2)cc(C(F)(F)F)c1. The summed E-state index contributed by atoms with van der Waals surface area (Å²) in [5, 5.41) is 8.26. The van der Waals surface area contributed by atoms with Crippen molar-refractivity contribution in [3.8, 4) is 11.4 Å². The molecule has 0 amide bonds. The molecule has 0 spiro atoms. The third-order valence-electron chi connectivity index (χ3n) is 4.01. The van der Waals surface area contributed by atoms with Crippen molar-refractivity contribution in [2.24, 2.45) is 7.05 Å². The van der Waals surface area contributed by atoms with Crippen LogP contribution in [-0.2, 0) is 22.8 Å². The molecule has 0 atom stereocenters. The molecule has 158 valence electrons. The van der Waals surface area contributed by atoms with Crippen molar-refractivity contribution in [1.82, 2.24) is 24.5 Å². The molecular formula is C20H20F3N5O2. The number of hydrogen-bond donors (Lipinski definition) is 0. The van der Waals surface area contributed by atoms with Gasteiger partial charge < -0.3 is 4.74 Å². The highest BCUT2D eigenvalue weighted by molar-refractivity contribution is 6.20. The van der Waals surface area contributed by atoms with E-state index in [9.17, 15) is 18.0 Å². The van der Waals surface area contributed by atoms with E-state index < -0.39 is 17.7 Å². The van der Waals surface area contributed by atoms with E-state index in [0.29, 0.717) is 11.1 Å². The molecule has 3 rings (SSSR count). The van der Waals surface area contributed by atoms with E-state index in [-0.39, 0.29) is 23.1 Å². The number of rotatable bonds is 5. The number of aromatic nitrogens is 5. The van der Waals surface area contributed by atoms with Gasteiger partial charge in [-0.25, -0.2) is 14.5 Å². The van der Waals surface area contributed by atoms with Crippen molar-refractivity contribution >= 4 is 17.7 Å². The first kappa shape index (κ1) is 21.3. The van der Waals surface area contributed by atoms with Gasteiger partial charge in [-0.05, 0) is 44.5 Å². The maximum absolute atomic E-state index is 13.1. The maximum atomic E-state index is 13.1. The van der Waals surface area contributed by atoms with E-state index in [1.165, 1.54) is 28.1 Å². The highest BCUT2D eigenvalue weighted by Crippen LogP contribution is 2.32. The molecule has 1 aromatic carbocycles. The van der Waals surface area contributed by atoms with Crippen LogP contribution in [0.4, 0.5) is 13.2 Å². The van der Waals surface area contributed by atoms with Crippen LogP contribution in [-0.4, -0.2) is 36.6 Å². The average molecular weight is 419 g/mol. The Morgan fingerprint density at radius 3 is 2.57 bits per heavy atom. The number of hydrogen-bond acceptors (Lipinski definition) is 5. The number of alkyl halides is 3. The summed E-state index contributed by atoms with van der Waals surface area (Å²) in [6, 6.07) is 3.61. The summed E-state index contributed by atoms with van der Waals surface area (Å²) in [6.45, 7) is 5.02. The summed E-state index contributed by atoms with van der Waals surface area (Å²) in [5.74, 6) is -0.479. The van der Waals surface area contributed by atoms with E-state index in [1.807, 2.05) is 0 Å². The Kier molecular flexibility index (Phi) is 5.77. The van der Waals surface area contributed by atoms with Gasteiger partial charge in [0.15, 0.2) is 5.82 Å². The lowest BCUT2D eigenvalue weighted by atomic mass is 10.1. The molecule has 0 aliphatic carbocycles. The van der Waals surface area contributed by atoms with Crippen molar-refractivity contribution in [2.45, 2.75) is 33.1 Å². The first-order valence-electron chi connectivity index (χ1n) is 9.05. The Morgan fingerprint density at radius 1 is 1.23 bits per heavy atom. The average Bonchev–Trinajstić information content (AvgIpc) is 3.26. The van der Waals surface area contributed by atoms with Crippen LogP contribution in [0, 0.1) is 6.92 Å². The first-order chi connectivity index (χ1) is 14.0. The molecule has 0 fully saturated rings. The molecule has 3 aromatic rings. The lowest BCUT2D eigenvalue weighted by Crippen LogP contribution is -2.13. The third kappa shape index (κ3) is 4.94. The van der Waals surface area contributed by atoms with Crippen molar-refractivity contribution in [1.29, 1.82) is 0 Å². The zero-order valence-corrected chi connectivity index (χ0v) is 16.8. The molecule has 2 heterocycles. The molecule has 2 aromatic heterocycles. The third-order valence-corrected chi connectivity index (χ3v) is 4.01. The fourth-order valence-corrected chi connectivity index (χ4v) is 2.76. The number of carbonyl (C=O) groups is 1. The Balaban J connectivity index is 2.00. The van der Waals surface area contributed by atoms with E-state index >= 15 is 0 Å². The minimum Gasteiger partial charge on any atom is -0.459 e. The van der Waals surface area contributed by atoms with Gasteiger partial charge in [0.2, 0.25) is 0 Å². The topological polar surface area (TPSA) is 74.8 Å². The Bertz CT molecular complexity index is 1100. The molecular weight excluding hydrogens is 399 g/mol. The summed E-state index contributed by atoms with van der Waals surface area (Å²) in [7, 11) is 1.71. The summed E-state index contributed by atoms with van der Waals surface area (Å²) < 4.78 is 47.4. The molecule has 10 heteroatoms. The summed E-state index contributed by atoms with van der Waals surface area (Å²) in [5.41, 5.74) is 0.579. The van der Waals surface area contributed by atoms with Crippen LogP contribution in [0.3, 0.4) is 0 Å². The van der Waals surface area contributed by atoms with Crippen molar-refractivity contribution in [3.05, 3.63) is 53.6 Å². The minimum atomic E-state index is -4.47. The summed E-state index contributed by atoms with van der Waals surface area (Å²) in [6.07, 6.45) is 1.04. The molecule has 0 unspecified atom stereocenters. The van der Waals surface area contributed by atoms with Gasteiger partial charge in [-0.15, -0.1) is 5.10 Å². The molecule has 0 bridgehead atoms. The number of ether oxygens (including phenoxy) is 1. The highest BCUT2D eigenvalue weighted by atomic mass is 19.4. The standard InChI is InChI=1S/C20H20F3N5O2/c1-12(2)30-19(29)17(15-8-25-27(4)9-15)10-28-11-24-18(26-28)14-5-13(3)6-16(7-14)20(21,22)23/h5-12H,1-4H3. The fraction of sp³-hybridized carbons (Fsp3) is 0.300.